The molecule has 10 heteroatoms. The van der Waals surface area contributed by atoms with E-state index in [1.54, 1.807) is 30.3 Å². The predicted molar refractivity (Wildman–Crippen MR) is 122 cm³/mol. The van der Waals surface area contributed by atoms with Crippen molar-refractivity contribution < 1.29 is 31.9 Å². The van der Waals surface area contributed by atoms with Gasteiger partial charge in [-0.2, -0.15) is 13.2 Å². The number of alkyl halides is 3. The lowest BCUT2D eigenvalue weighted by Gasteiger charge is -2.16. The van der Waals surface area contributed by atoms with Gasteiger partial charge in [0.1, 0.15) is 5.82 Å². The van der Waals surface area contributed by atoms with Crippen molar-refractivity contribution in [2.45, 2.75) is 19.0 Å². The van der Waals surface area contributed by atoms with Crippen LogP contribution in [-0.2, 0) is 11.0 Å². The molecule has 0 fully saturated rings. The van der Waals surface area contributed by atoms with Crippen LogP contribution in [0.2, 0.25) is 0 Å². The van der Waals surface area contributed by atoms with Gasteiger partial charge >= 0.3 is 6.18 Å². The Balaban J connectivity index is 1.60. The number of rotatable bonds is 8. The first-order chi connectivity index (χ1) is 16.6. The Hall–Kier alpha value is -4.21. The predicted octanol–water partition coefficient (Wildman–Crippen LogP) is 5.25. The molecule has 3 amide bonds. The molecule has 0 unspecified atom stereocenters. The maximum atomic E-state index is 13.8. The minimum Gasteiger partial charge on any atom is -0.352 e. The number of hydrogen-bond donors (Lipinski definition) is 3. The van der Waals surface area contributed by atoms with E-state index in [9.17, 15) is 31.9 Å². The maximum Gasteiger partial charge on any atom is 0.418 e. The van der Waals surface area contributed by atoms with Crippen LogP contribution in [0, 0.1) is 5.82 Å². The summed E-state index contributed by atoms with van der Waals surface area (Å²) in [6, 6.07) is 16.3. The zero-order valence-electron chi connectivity index (χ0n) is 18.3. The van der Waals surface area contributed by atoms with Crippen molar-refractivity contribution in [2.75, 3.05) is 17.2 Å². The summed E-state index contributed by atoms with van der Waals surface area (Å²) < 4.78 is 54.5. The van der Waals surface area contributed by atoms with E-state index in [0.717, 1.165) is 12.1 Å². The van der Waals surface area contributed by atoms with Crippen LogP contribution in [0.25, 0.3) is 0 Å². The van der Waals surface area contributed by atoms with Crippen LogP contribution in [0.1, 0.15) is 39.1 Å². The fourth-order valence-corrected chi connectivity index (χ4v) is 3.16. The second-order valence-corrected chi connectivity index (χ2v) is 7.47. The summed E-state index contributed by atoms with van der Waals surface area (Å²) in [6.07, 6.45) is -4.74. The number of carbonyl (C=O) groups excluding carboxylic acids is 3. The van der Waals surface area contributed by atoms with Crippen LogP contribution in [0.3, 0.4) is 0 Å². The standard InChI is InChI=1S/C25H21F4N3O3/c26-20-10-5-4-9-18(20)24(35)31-17-12-13-21(19(15-17)25(27,28)29)32-22(33)11-6-14-30-23(34)16-7-2-1-3-8-16/h1-5,7-10,12-13,15H,6,11,14H2,(H,30,34)(H,31,35)(H,32,33). The van der Waals surface area contributed by atoms with Gasteiger partial charge in [0.2, 0.25) is 5.91 Å². The van der Waals surface area contributed by atoms with E-state index in [1.165, 1.54) is 24.3 Å². The number of hydrogen-bond acceptors (Lipinski definition) is 3. The van der Waals surface area contributed by atoms with Gasteiger partial charge in [0.05, 0.1) is 16.8 Å². The molecule has 0 aliphatic rings. The third-order valence-electron chi connectivity index (χ3n) is 4.88. The second-order valence-electron chi connectivity index (χ2n) is 7.47. The zero-order valence-corrected chi connectivity index (χ0v) is 18.3. The van der Waals surface area contributed by atoms with Crippen molar-refractivity contribution in [3.05, 3.63) is 95.3 Å². The molecule has 0 atom stereocenters. The molecule has 0 aliphatic heterocycles. The fourth-order valence-electron chi connectivity index (χ4n) is 3.16. The first-order valence-electron chi connectivity index (χ1n) is 10.6. The highest BCUT2D eigenvalue weighted by atomic mass is 19.4. The molecule has 6 nitrogen and oxygen atoms in total. The number of carbonyl (C=O) groups is 3. The molecule has 0 aromatic heterocycles. The smallest absolute Gasteiger partial charge is 0.352 e. The summed E-state index contributed by atoms with van der Waals surface area (Å²) in [7, 11) is 0. The van der Waals surface area contributed by atoms with Gasteiger partial charge in [-0.05, 0) is 48.9 Å². The molecule has 0 saturated heterocycles. The highest BCUT2D eigenvalue weighted by molar-refractivity contribution is 6.04. The quantitative estimate of drug-likeness (QED) is 0.300. The van der Waals surface area contributed by atoms with Crippen molar-refractivity contribution >= 4 is 29.1 Å². The summed E-state index contributed by atoms with van der Waals surface area (Å²) in [6.45, 7) is 0.161. The van der Waals surface area contributed by atoms with Crippen LogP contribution in [0.5, 0.6) is 0 Å². The number of anilines is 2. The van der Waals surface area contributed by atoms with Gasteiger partial charge in [0.15, 0.2) is 0 Å². The number of nitrogens with one attached hydrogen (secondary N) is 3. The van der Waals surface area contributed by atoms with E-state index < -0.39 is 35.1 Å². The van der Waals surface area contributed by atoms with Gasteiger partial charge in [-0.3, -0.25) is 14.4 Å². The third-order valence-corrected chi connectivity index (χ3v) is 4.88. The Morgan fingerprint density at radius 3 is 2.17 bits per heavy atom. The van der Waals surface area contributed by atoms with Gasteiger partial charge in [0.25, 0.3) is 11.8 Å². The van der Waals surface area contributed by atoms with Crippen molar-refractivity contribution in [3.8, 4) is 0 Å². The molecule has 0 radical (unpaired) electrons. The Bertz CT molecular complexity index is 1210. The number of halogens is 4. The molecule has 0 spiro atoms. The van der Waals surface area contributed by atoms with Crippen molar-refractivity contribution in [2.24, 2.45) is 0 Å². The largest absolute Gasteiger partial charge is 0.418 e. The normalized spacial score (nSPS) is 11.0. The minimum absolute atomic E-state index is 0.127. The van der Waals surface area contributed by atoms with Crippen molar-refractivity contribution in [3.63, 3.8) is 0 Å². The highest BCUT2D eigenvalue weighted by Gasteiger charge is 2.34. The van der Waals surface area contributed by atoms with Crippen LogP contribution in [0.4, 0.5) is 28.9 Å². The van der Waals surface area contributed by atoms with Crippen LogP contribution < -0.4 is 16.0 Å². The maximum absolute atomic E-state index is 13.8. The molecule has 0 saturated carbocycles. The first-order valence-corrected chi connectivity index (χ1v) is 10.6. The summed E-state index contributed by atoms with van der Waals surface area (Å²) in [5.41, 5.74) is -1.74. The van der Waals surface area contributed by atoms with E-state index in [1.807, 2.05) is 0 Å². The Kier molecular flexibility index (Phi) is 8.19. The average molecular weight is 487 g/mol. The fraction of sp³-hybridized carbons (Fsp3) is 0.160. The van der Waals surface area contributed by atoms with Crippen molar-refractivity contribution in [1.29, 1.82) is 0 Å². The molecule has 0 heterocycles. The van der Waals surface area contributed by atoms with Crippen LogP contribution in [-0.4, -0.2) is 24.3 Å². The first kappa shape index (κ1) is 25.4. The second kappa shape index (κ2) is 11.3. The van der Waals surface area contributed by atoms with Gasteiger partial charge in [0, 0.05) is 24.2 Å². The molecular weight excluding hydrogens is 466 g/mol. The van der Waals surface area contributed by atoms with Crippen molar-refractivity contribution in [1.82, 2.24) is 5.32 Å². The summed E-state index contributed by atoms with van der Waals surface area (Å²) in [4.78, 5) is 36.4. The molecule has 35 heavy (non-hydrogen) atoms. The summed E-state index contributed by atoms with van der Waals surface area (Å²) >= 11 is 0. The van der Waals surface area contributed by atoms with E-state index in [2.05, 4.69) is 16.0 Å². The third kappa shape index (κ3) is 7.13. The molecule has 3 rings (SSSR count). The lowest BCUT2D eigenvalue weighted by atomic mass is 10.1. The van der Waals surface area contributed by atoms with E-state index in [0.29, 0.717) is 11.6 Å². The lowest BCUT2D eigenvalue weighted by Crippen LogP contribution is -2.25. The topological polar surface area (TPSA) is 87.3 Å². The Morgan fingerprint density at radius 2 is 1.49 bits per heavy atom. The summed E-state index contributed by atoms with van der Waals surface area (Å²) in [5.74, 6) is -2.72. The zero-order chi connectivity index (χ0) is 25.4. The van der Waals surface area contributed by atoms with E-state index in [4.69, 9.17) is 0 Å². The molecule has 3 aromatic rings. The van der Waals surface area contributed by atoms with Crippen LogP contribution in [0.15, 0.2) is 72.8 Å². The van der Waals surface area contributed by atoms with E-state index >= 15 is 0 Å². The molecule has 182 valence electrons. The Labute approximate surface area is 198 Å². The van der Waals surface area contributed by atoms with Gasteiger partial charge in [-0.1, -0.05) is 30.3 Å². The van der Waals surface area contributed by atoms with Gasteiger partial charge in [-0.15, -0.1) is 0 Å². The minimum atomic E-state index is -4.83. The lowest BCUT2D eigenvalue weighted by molar-refractivity contribution is -0.136. The number of benzene rings is 3. The van der Waals surface area contributed by atoms with Gasteiger partial charge < -0.3 is 16.0 Å². The Morgan fingerprint density at radius 1 is 0.800 bits per heavy atom. The van der Waals surface area contributed by atoms with Crippen LogP contribution >= 0.6 is 0 Å². The monoisotopic (exact) mass is 487 g/mol. The van der Waals surface area contributed by atoms with Gasteiger partial charge in [-0.25, -0.2) is 4.39 Å². The molecule has 0 bridgehead atoms. The van der Waals surface area contributed by atoms with E-state index in [-0.39, 0.29) is 36.5 Å². The molecule has 0 aliphatic carbocycles. The molecule has 3 aromatic carbocycles. The number of amides is 3. The average Bonchev–Trinajstić information content (AvgIpc) is 2.82. The molecule has 3 N–H and O–H groups in total. The highest BCUT2D eigenvalue weighted by Crippen LogP contribution is 2.36. The summed E-state index contributed by atoms with van der Waals surface area (Å²) in [5, 5.41) is 7.07. The molecular formula is C25H21F4N3O3. The SMILES string of the molecule is O=C(CCCNC(=O)c1ccccc1)Nc1ccc(NC(=O)c2ccccc2F)cc1C(F)(F)F.